The summed E-state index contributed by atoms with van der Waals surface area (Å²) >= 11 is 1.42. The quantitative estimate of drug-likeness (QED) is 0.917. The molecule has 5 heteroatoms. The Balaban J connectivity index is 1.74. The highest BCUT2D eigenvalue weighted by molar-refractivity contribution is 7.18. The van der Waals surface area contributed by atoms with Crippen LogP contribution in [0.5, 0.6) is 0 Å². The van der Waals surface area contributed by atoms with Gasteiger partial charge in [0.15, 0.2) is 0 Å². The molecule has 2 heterocycles. The Kier molecular flexibility index (Phi) is 4.52. The summed E-state index contributed by atoms with van der Waals surface area (Å²) in [5.41, 5.74) is 0.974. The topological polar surface area (TPSA) is 49.4 Å². The SMILES string of the molecule is CCC1CCCCN1C(=O)c1sc(NC(=O)C2CC2)cc1C. The molecule has 1 saturated heterocycles. The molecule has 1 atom stereocenters. The molecule has 1 aromatic heterocycles. The zero-order chi connectivity index (χ0) is 15.7. The van der Waals surface area contributed by atoms with Gasteiger partial charge in [0.2, 0.25) is 5.91 Å². The molecule has 1 aliphatic carbocycles. The molecule has 0 bridgehead atoms. The average molecular weight is 320 g/mol. The second kappa shape index (κ2) is 6.41. The van der Waals surface area contributed by atoms with E-state index < -0.39 is 0 Å². The van der Waals surface area contributed by atoms with Crippen LogP contribution in [-0.2, 0) is 4.79 Å². The highest BCUT2D eigenvalue weighted by atomic mass is 32.1. The van der Waals surface area contributed by atoms with E-state index in [0.717, 1.165) is 54.1 Å². The van der Waals surface area contributed by atoms with Crippen LogP contribution in [0, 0.1) is 12.8 Å². The lowest BCUT2D eigenvalue weighted by Crippen LogP contribution is -2.43. The van der Waals surface area contributed by atoms with E-state index in [1.54, 1.807) is 0 Å². The van der Waals surface area contributed by atoms with Crippen molar-refractivity contribution in [3.63, 3.8) is 0 Å². The maximum atomic E-state index is 12.9. The summed E-state index contributed by atoms with van der Waals surface area (Å²) in [5, 5.41) is 3.77. The van der Waals surface area contributed by atoms with Crippen molar-refractivity contribution < 1.29 is 9.59 Å². The van der Waals surface area contributed by atoms with E-state index >= 15 is 0 Å². The highest BCUT2D eigenvalue weighted by Gasteiger charge is 2.31. The molecular formula is C17H24N2O2S. The molecule has 2 amide bonds. The molecule has 0 aromatic carbocycles. The molecule has 0 spiro atoms. The number of likely N-dealkylation sites (tertiary alicyclic amines) is 1. The van der Waals surface area contributed by atoms with Crippen molar-refractivity contribution in [2.75, 3.05) is 11.9 Å². The fourth-order valence-corrected chi connectivity index (χ4v) is 4.18. The number of carbonyl (C=O) groups excluding carboxylic acids is 2. The number of anilines is 1. The molecule has 1 saturated carbocycles. The average Bonchev–Trinajstić information content (AvgIpc) is 3.31. The van der Waals surface area contributed by atoms with Crippen LogP contribution >= 0.6 is 11.3 Å². The molecule has 2 aliphatic rings. The van der Waals surface area contributed by atoms with Gasteiger partial charge in [0.05, 0.1) is 9.88 Å². The zero-order valence-corrected chi connectivity index (χ0v) is 14.2. The van der Waals surface area contributed by atoms with E-state index in [2.05, 4.69) is 12.2 Å². The number of hydrogen-bond acceptors (Lipinski definition) is 3. The predicted octanol–water partition coefficient (Wildman–Crippen LogP) is 3.81. The van der Waals surface area contributed by atoms with Crippen LogP contribution in [-0.4, -0.2) is 29.3 Å². The molecule has 3 rings (SSSR count). The first kappa shape index (κ1) is 15.5. The van der Waals surface area contributed by atoms with Crippen molar-refractivity contribution >= 4 is 28.2 Å². The van der Waals surface area contributed by atoms with Crippen LogP contribution in [0.15, 0.2) is 6.07 Å². The first-order valence-corrected chi connectivity index (χ1v) is 9.14. The minimum Gasteiger partial charge on any atom is -0.335 e. The zero-order valence-electron chi connectivity index (χ0n) is 13.4. The minimum absolute atomic E-state index is 0.102. The van der Waals surface area contributed by atoms with E-state index in [0.29, 0.717) is 6.04 Å². The standard InChI is InChI=1S/C17H24N2O2S/c1-3-13-6-4-5-9-19(13)17(21)15-11(2)10-14(22-15)18-16(20)12-7-8-12/h10,12-13H,3-9H2,1-2H3,(H,18,20). The smallest absolute Gasteiger partial charge is 0.264 e. The van der Waals surface area contributed by atoms with Crippen LogP contribution in [0.2, 0.25) is 0 Å². The van der Waals surface area contributed by atoms with Gasteiger partial charge in [-0.3, -0.25) is 9.59 Å². The maximum absolute atomic E-state index is 12.9. The first-order chi connectivity index (χ1) is 10.6. The van der Waals surface area contributed by atoms with E-state index in [9.17, 15) is 9.59 Å². The van der Waals surface area contributed by atoms with Gasteiger partial charge in [0.1, 0.15) is 0 Å². The largest absolute Gasteiger partial charge is 0.335 e. The van der Waals surface area contributed by atoms with Gasteiger partial charge in [-0.15, -0.1) is 11.3 Å². The maximum Gasteiger partial charge on any atom is 0.264 e. The number of rotatable bonds is 4. The number of thiophene rings is 1. The molecule has 120 valence electrons. The van der Waals surface area contributed by atoms with Crippen molar-refractivity contribution in [3.05, 3.63) is 16.5 Å². The lowest BCUT2D eigenvalue weighted by atomic mass is 9.99. The van der Waals surface area contributed by atoms with Crippen LogP contribution in [0.25, 0.3) is 0 Å². The number of nitrogens with zero attached hydrogens (tertiary/aromatic N) is 1. The normalized spacial score (nSPS) is 21.7. The predicted molar refractivity (Wildman–Crippen MR) is 89.4 cm³/mol. The lowest BCUT2D eigenvalue weighted by molar-refractivity contribution is -0.117. The fraction of sp³-hybridized carbons (Fsp3) is 0.647. The van der Waals surface area contributed by atoms with Crippen molar-refractivity contribution in [2.24, 2.45) is 5.92 Å². The van der Waals surface area contributed by atoms with Gasteiger partial charge in [0.25, 0.3) is 5.91 Å². The van der Waals surface area contributed by atoms with Crippen molar-refractivity contribution in [2.45, 2.75) is 58.4 Å². The molecule has 2 fully saturated rings. The molecule has 1 unspecified atom stereocenters. The summed E-state index contributed by atoms with van der Waals surface area (Å²) in [4.78, 5) is 27.5. The Bertz CT molecular complexity index is 577. The van der Waals surface area contributed by atoms with Crippen molar-refractivity contribution in [1.82, 2.24) is 4.90 Å². The molecule has 4 nitrogen and oxygen atoms in total. The Morgan fingerprint density at radius 3 is 2.77 bits per heavy atom. The Morgan fingerprint density at radius 2 is 2.09 bits per heavy atom. The van der Waals surface area contributed by atoms with Gasteiger partial charge >= 0.3 is 0 Å². The van der Waals surface area contributed by atoms with Gasteiger partial charge in [-0.25, -0.2) is 0 Å². The van der Waals surface area contributed by atoms with Crippen molar-refractivity contribution in [1.29, 1.82) is 0 Å². The number of carbonyl (C=O) groups is 2. The fourth-order valence-electron chi connectivity index (χ4n) is 3.15. The number of piperidine rings is 1. The van der Waals surface area contributed by atoms with Gasteiger partial charge in [-0.05, 0) is 57.1 Å². The molecule has 22 heavy (non-hydrogen) atoms. The third-order valence-corrected chi connectivity index (χ3v) is 5.81. The van der Waals surface area contributed by atoms with E-state index in [1.807, 2.05) is 17.9 Å². The van der Waals surface area contributed by atoms with E-state index in [-0.39, 0.29) is 17.7 Å². The third-order valence-electron chi connectivity index (χ3n) is 4.67. The van der Waals surface area contributed by atoms with E-state index in [4.69, 9.17) is 0 Å². The monoisotopic (exact) mass is 320 g/mol. The summed E-state index contributed by atoms with van der Waals surface area (Å²) in [6.07, 6.45) is 6.42. The number of hydrogen-bond donors (Lipinski definition) is 1. The minimum atomic E-state index is 0.102. The molecular weight excluding hydrogens is 296 g/mol. The Labute approximate surface area is 135 Å². The molecule has 0 radical (unpaired) electrons. The summed E-state index contributed by atoms with van der Waals surface area (Å²) in [5.74, 6) is 0.429. The summed E-state index contributed by atoms with van der Waals surface area (Å²) in [6, 6.07) is 2.30. The second-order valence-corrected chi connectivity index (χ2v) is 7.49. The van der Waals surface area contributed by atoms with Gasteiger partial charge in [-0.1, -0.05) is 6.92 Å². The van der Waals surface area contributed by atoms with Crippen LogP contribution in [0.4, 0.5) is 5.00 Å². The van der Waals surface area contributed by atoms with Crippen LogP contribution < -0.4 is 5.32 Å². The summed E-state index contributed by atoms with van der Waals surface area (Å²) < 4.78 is 0. The Hall–Kier alpha value is -1.36. The Morgan fingerprint density at radius 1 is 1.32 bits per heavy atom. The first-order valence-electron chi connectivity index (χ1n) is 8.32. The van der Waals surface area contributed by atoms with E-state index in [1.165, 1.54) is 17.8 Å². The summed E-state index contributed by atoms with van der Waals surface area (Å²) in [7, 11) is 0. The van der Waals surface area contributed by atoms with Gasteiger partial charge in [-0.2, -0.15) is 0 Å². The van der Waals surface area contributed by atoms with Crippen LogP contribution in [0.1, 0.15) is 60.7 Å². The number of aryl methyl sites for hydroxylation is 1. The highest BCUT2D eigenvalue weighted by Crippen LogP contribution is 2.34. The molecule has 1 aliphatic heterocycles. The molecule has 1 aromatic rings. The van der Waals surface area contributed by atoms with Gasteiger partial charge < -0.3 is 10.2 Å². The second-order valence-electron chi connectivity index (χ2n) is 6.44. The van der Waals surface area contributed by atoms with Crippen LogP contribution in [0.3, 0.4) is 0 Å². The lowest BCUT2D eigenvalue weighted by Gasteiger charge is -2.35. The number of nitrogens with one attached hydrogen (secondary N) is 1. The molecule has 1 N–H and O–H groups in total. The number of amides is 2. The summed E-state index contributed by atoms with van der Waals surface area (Å²) in [6.45, 7) is 4.97. The van der Waals surface area contributed by atoms with Crippen molar-refractivity contribution in [3.8, 4) is 0 Å². The third kappa shape index (κ3) is 3.19. The van der Waals surface area contributed by atoms with Gasteiger partial charge in [0, 0.05) is 18.5 Å².